The molecule has 0 aliphatic carbocycles. The van der Waals surface area contributed by atoms with E-state index in [1.807, 2.05) is 4.90 Å². The summed E-state index contributed by atoms with van der Waals surface area (Å²) in [5, 5.41) is 0. The van der Waals surface area contributed by atoms with Crippen LogP contribution in [0.2, 0.25) is 0 Å². The lowest BCUT2D eigenvalue weighted by molar-refractivity contribution is -0.118. The maximum absolute atomic E-state index is 10.1. The molecule has 1 aromatic heterocycles. The fraction of sp³-hybridized carbons (Fsp3) is 0.455. The molecule has 0 bridgehead atoms. The number of likely N-dealkylation sites (tertiary alicyclic amines) is 1. The van der Waals surface area contributed by atoms with Crippen LogP contribution in [0.25, 0.3) is 0 Å². The smallest absolute Gasteiger partial charge is 0.209 e. The molecule has 1 amide bonds. The first-order chi connectivity index (χ1) is 7.33. The standard InChI is InChI=1S/C6H11NO.C5H6N2/c8-6-7-4-2-1-3-5-7;6-5-2-1-3-7-4-5/h6H,1-5H2;1-4H,6H2. The first-order valence-corrected chi connectivity index (χ1v) is 5.18. The van der Waals surface area contributed by atoms with Gasteiger partial charge in [-0.3, -0.25) is 9.78 Å². The van der Waals surface area contributed by atoms with E-state index in [-0.39, 0.29) is 0 Å². The Hall–Kier alpha value is -1.58. The average molecular weight is 207 g/mol. The number of aromatic nitrogens is 1. The number of carbonyl (C=O) groups excluding carboxylic acids is 1. The van der Waals surface area contributed by atoms with Gasteiger partial charge in [0.15, 0.2) is 0 Å². The van der Waals surface area contributed by atoms with E-state index < -0.39 is 0 Å². The van der Waals surface area contributed by atoms with Gasteiger partial charge < -0.3 is 10.6 Å². The Morgan fingerprint density at radius 1 is 1.33 bits per heavy atom. The van der Waals surface area contributed by atoms with Crippen molar-refractivity contribution in [2.75, 3.05) is 18.8 Å². The summed E-state index contributed by atoms with van der Waals surface area (Å²) >= 11 is 0. The molecule has 1 saturated heterocycles. The van der Waals surface area contributed by atoms with Crippen molar-refractivity contribution < 1.29 is 4.79 Å². The average Bonchev–Trinajstić information content (AvgIpc) is 2.32. The first kappa shape index (κ1) is 11.5. The maximum Gasteiger partial charge on any atom is 0.209 e. The molecule has 0 radical (unpaired) electrons. The number of amides is 1. The van der Waals surface area contributed by atoms with E-state index in [1.165, 1.54) is 19.3 Å². The molecule has 0 atom stereocenters. The molecule has 0 spiro atoms. The molecule has 82 valence electrons. The van der Waals surface area contributed by atoms with Crippen LogP contribution < -0.4 is 5.73 Å². The first-order valence-electron chi connectivity index (χ1n) is 5.18. The van der Waals surface area contributed by atoms with Gasteiger partial charge in [0.05, 0.1) is 5.69 Å². The Morgan fingerprint density at radius 3 is 2.40 bits per heavy atom. The number of nitrogens with zero attached hydrogens (tertiary/aromatic N) is 2. The number of hydrogen-bond donors (Lipinski definition) is 1. The zero-order valence-corrected chi connectivity index (χ0v) is 8.80. The van der Waals surface area contributed by atoms with Crippen LogP contribution in [-0.4, -0.2) is 29.4 Å². The molecule has 0 saturated carbocycles. The fourth-order valence-corrected chi connectivity index (χ4v) is 1.40. The molecule has 15 heavy (non-hydrogen) atoms. The van der Waals surface area contributed by atoms with Crippen LogP contribution in [0.15, 0.2) is 24.5 Å². The summed E-state index contributed by atoms with van der Waals surface area (Å²) < 4.78 is 0. The molecular weight excluding hydrogens is 190 g/mol. The van der Waals surface area contributed by atoms with E-state index >= 15 is 0 Å². The van der Waals surface area contributed by atoms with Crippen molar-refractivity contribution in [3.05, 3.63) is 24.5 Å². The van der Waals surface area contributed by atoms with Crippen molar-refractivity contribution in [1.82, 2.24) is 9.88 Å². The van der Waals surface area contributed by atoms with E-state index in [2.05, 4.69) is 4.98 Å². The number of pyridine rings is 1. The van der Waals surface area contributed by atoms with Crippen LogP contribution in [0, 0.1) is 0 Å². The molecule has 1 fully saturated rings. The summed E-state index contributed by atoms with van der Waals surface area (Å²) in [5.41, 5.74) is 6.01. The van der Waals surface area contributed by atoms with Gasteiger partial charge in [0.1, 0.15) is 0 Å². The predicted octanol–water partition coefficient (Wildman–Crippen LogP) is 1.29. The van der Waals surface area contributed by atoms with Gasteiger partial charge in [-0.15, -0.1) is 0 Å². The maximum atomic E-state index is 10.1. The number of hydrogen-bond acceptors (Lipinski definition) is 3. The van der Waals surface area contributed by atoms with E-state index in [0.29, 0.717) is 5.69 Å². The molecule has 1 aliphatic heterocycles. The highest BCUT2D eigenvalue weighted by Gasteiger charge is 2.05. The number of rotatable bonds is 1. The largest absolute Gasteiger partial charge is 0.397 e. The van der Waals surface area contributed by atoms with Crippen LogP contribution >= 0.6 is 0 Å². The third-order valence-corrected chi connectivity index (χ3v) is 2.22. The zero-order valence-electron chi connectivity index (χ0n) is 8.80. The summed E-state index contributed by atoms with van der Waals surface area (Å²) in [6, 6.07) is 3.60. The van der Waals surface area contributed by atoms with Crippen molar-refractivity contribution in [2.45, 2.75) is 19.3 Å². The van der Waals surface area contributed by atoms with Crippen LogP contribution in [-0.2, 0) is 4.79 Å². The second-order valence-electron chi connectivity index (χ2n) is 3.49. The van der Waals surface area contributed by atoms with Gasteiger partial charge in [0, 0.05) is 25.5 Å². The van der Waals surface area contributed by atoms with E-state index in [0.717, 1.165) is 19.5 Å². The Bertz CT molecular complexity index is 270. The van der Waals surface area contributed by atoms with Gasteiger partial charge in [-0.2, -0.15) is 0 Å². The normalized spacial score (nSPS) is 15.1. The highest BCUT2D eigenvalue weighted by Crippen LogP contribution is 2.05. The third kappa shape index (κ3) is 5.00. The molecular formula is C11H17N3O. The van der Waals surface area contributed by atoms with Crippen LogP contribution in [0.1, 0.15) is 19.3 Å². The molecule has 2 N–H and O–H groups in total. The lowest BCUT2D eigenvalue weighted by atomic mass is 10.1. The summed E-state index contributed by atoms with van der Waals surface area (Å²) in [6.45, 7) is 1.95. The van der Waals surface area contributed by atoms with E-state index in [4.69, 9.17) is 5.73 Å². The number of piperidine rings is 1. The van der Waals surface area contributed by atoms with Crippen LogP contribution in [0.3, 0.4) is 0 Å². The number of anilines is 1. The summed E-state index contributed by atoms with van der Waals surface area (Å²) in [6.07, 6.45) is 7.93. The molecule has 0 unspecified atom stereocenters. The van der Waals surface area contributed by atoms with Crippen molar-refractivity contribution in [1.29, 1.82) is 0 Å². The second kappa shape index (κ2) is 6.81. The molecule has 4 heteroatoms. The molecule has 4 nitrogen and oxygen atoms in total. The summed E-state index contributed by atoms with van der Waals surface area (Å²) in [4.78, 5) is 15.7. The van der Waals surface area contributed by atoms with Gasteiger partial charge in [-0.25, -0.2) is 0 Å². The quantitative estimate of drug-likeness (QED) is 0.706. The molecule has 2 heterocycles. The van der Waals surface area contributed by atoms with Gasteiger partial charge in [-0.05, 0) is 31.4 Å². The van der Waals surface area contributed by atoms with Gasteiger partial charge in [-0.1, -0.05) is 0 Å². The molecule has 2 rings (SSSR count). The van der Waals surface area contributed by atoms with Crippen molar-refractivity contribution in [3.8, 4) is 0 Å². The lowest BCUT2D eigenvalue weighted by Crippen LogP contribution is -2.27. The van der Waals surface area contributed by atoms with Crippen LogP contribution in [0.5, 0.6) is 0 Å². The Labute approximate surface area is 90.1 Å². The SMILES string of the molecule is Nc1cccnc1.O=CN1CCCCC1. The minimum Gasteiger partial charge on any atom is -0.397 e. The van der Waals surface area contributed by atoms with Crippen molar-refractivity contribution in [2.24, 2.45) is 0 Å². The Balaban J connectivity index is 0.000000151. The van der Waals surface area contributed by atoms with Crippen molar-refractivity contribution in [3.63, 3.8) is 0 Å². The van der Waals surface area contributed by atoms with Crippen LogP contribution in [0.4, 0.5) is 5.69 Å². The molecule has 1 aromatic rings. The van der Waals surface area contributed by atoms with Gasteiger partial charge in [0.2, 0.25) is 6.41 Å². The number of nitrogen functional groups attached to an aromatic ring is 1. The van der Waals surface area contributed by atoms with Gasteiger partial charge in [0.25, 0.3) is 0 Å². The second-order valence-corrected chi connectivity index (χ2v) is 3.49. The highest BCUT2D eigenvalue weighted by atomic mass is 16.1. The lowest BCUT2D eigenvalue weighted by Gasteiger charge is -2.21. The minimum absolute atomic E-state index is 0.711. The predicted molar refractivity (Wildman–Crippen MR) is 60.1 cm³/mol. The number of carbonyl (C=O) groups is 1. The summed E-state index contributed by atoms with van der Waals surface area (Å²) in [7, 11) is 0. The Kier molecular flexibility index (Phi) is 5.22. The van der Waals surface area contributed by atoms with Gasteiger partial charge >= 0.3 is 0 Å². The topological polar surface area (TPSA) is 59.2 Å². The highest BCUT2D eigenvalue weighted by molar-refractivity contribution is 5.46. The molecule has 0 aromatic carbocycles. The molecule has 1 aliphatic rings. The summed E-state index contributed by atoms with van der Waals surface area (Å²) in [5.74, 6) is 0. The fourth-order valence-electron chi connectivity index (χ4n) is 1.40. The monoisotopic (exact) mass is 207 g/mol. The van der Waals surface area contributed by atoms with E-state index in [1.54, 1.807) is 24.5 Å². The Morgan fingerprint density at radius 2 is 2.07 bits per heavy atom. The third-order valence-electron chi connectivity index (χ3n) is 2.22. The zero-order chi connectivity index (χ0) is 10.9. The van der Waals surface area contributed by atoms with Crippen molar-refractivity contribution >= 4 is 12.1 Å². The minimum atomic E-state index is 0.711. The van der Waals surface area contributed by atoms with E-state index in [9.17, 15) is 4.79 Å². The number of nitrogens with two attached hydrogens (primary N) is 1.